The van der Waals surface area contributed by atoms with Crippen LogP contribution < -0.4 is 0 Å². The zero-order valence-corrected chi connectivity index (χ0v) is 8.85. The van der Waals surface area contributed by atoms with Crippen LogP contribution in [-0.2, 0) is 9.53 Å². The lowest BCUT2D eigenvalue weighted by molar-refractivity contribution is -0.143. The van der Waals surface area contributed by atoms with E-state index in [9.17, 15) is 4.79 Å². The predicted octanol–water partition coefficient (Wildman–Crippen LogP) is 2.36. The minimum Gasteiger partial charge on any atom is -0.465 e. The first kappa shape index (κ1) is 11.0. The fourth-order valence-corrected chi connectivity index (χ4v) is 0.638. The van der Waals surface area contributed by atoms with E-state index in [0.29, 0.717) is 12.5 Å². The Morgan fingerprint density at radius 3 is 2.45 bits per heavy atom. The lowest BCUT2D eigenvalue weighted by Crippen LogP contribution is -2.18. The number of halogens is 1. The Morgan fingerprint density at radius 2 is 2.09 bits per heavy atom. The van der Waals surface area contributed by atoms with Crippen molar-refractivity contribution in [2.75, 3.05) is 6.61 Å². The van der Waals surface area contributed by atoms with E-state index < -0.39 is 0 Å². The molecule has 0 aromatic carbocycles. The van der Waals surface area contributed by atoms with Crippen molar-refractivity contribution in [2.45, 2.75) is 32.0 Å². The van der Waals surface area contributed by atoms with Crippen LogP contribution in [-0.4, -0.2) is 17.4 Å². The second-order valence-electron chi connectivity index (χ2n) is 2.90. The maximum Gasteiger partial charge on any atom is 0.319 e. The summed E-state index contributed by atoms with van der Waals surface area (Å²) in [6.07, 6.45) is 0.775. The second-order valence-corrected chi connectivity index (χ2v) is 4.00. The third-order valence-corrected chi connectivity index (χ3v) is 2.19. The molecule has 0 bridgehead atoms. The monoisotopic (exact) mass is 222 g/mol. The highest BCUT2D eigenvalue weighted by Gasteiger charge is 2.13. The van der Waals surface area contributed by atoms with Gasteiger partial charge in [0.25, 0.3) is 0 Å². The zero-order valence-electron chi connectivity index (χ0n) is 7.26. The molecule has 0 heterocycles. The van der Waals surface area contributed by atoms with E-state index in [0.717, 1.165) is 6.42 Å². The van der Waals surface area contributed by atoms with E-state index in [1.54, 1.807) is 0 Å². The van der Waals surface area contributed by atoms with Crippen molar-refractivity contribution in [1.29, 1.82) is 0 Å². The molecule has 0 rings (SSSR count). The summed E-state index contributed by atoms with van der Waals surface area (Å²) < 4.78 is 4.97. The Kier molecular flexibility index (Phi) is 5.56. The molecule has 0 aliphatic heterocycles. The van der Waals surface area contributed by atoms with Gasteiger partial charge in [0, 0.05) is 0 Å². The standard InChI is InChI=1S/C8H15BrO2/c1-4-7(9)8(10)11-5-6(2)3/h6-7H,4-5H2,1-3H3. The smallest absolute Gasteiger partial charge is 0.319 e. The first-order chi connectivity index (χ1) is 5.07. The highest BCUT2D eigenvalue weighted by molar-refractivity contribution is 9.10. The predicted molar refractivity (Wildman–Crippen MR) is 48.8 cm³/mol. The molecule has 11 heavy (non-hydrogen) atoms. The Bertz CT molecular complexity index is 123. The highest BCUT2D eigenvalue weighted by Crippen LogP contribution is 2.07. The van der Waals surface area contributed by atoms with E-state index in [-0.39, 0.29) is 10.8 Å². The first-order valence-corrected chi connectivity index (χ1v) is 4.80. The van der Waals surface area contributed by atoms with Gasteiger partial charge in [-0.05, 0) is 12.3 Å². The van der Waals surface area contributed by atoms with E-state index in [1.807, 2.05) is 20.8 Å². The van der Waals surface area contributed by atoms with Crippen LogP contribution in [0.25, 0.3) is 0 Å². The summed E-state index contributed by atoms with van der Waals surface area (Å²) in [7, 11) is 0. The third kappa shape index (κ3) is 5.24. The SMILES string of the molecule is CCC(Br)C(=O)OCC(C)C. The summed E-state index contributed by atoms with van der Waals surface area (Å²) in [5, 5.41) is 0. The van der Waals surface area contributed by atoms with Crippen molar-refractivity contribution in [3.05, 3.63) is 0 Å². The van der Waals surface area contributed by atoms with Crippen molar-refractivity contribution in [3.63, 3.8) is 0 Å². The van der Waals surface area contributed by atoms with Crippen molar-refractivity contribution >= 4 is 21.9 Å². The molecule has 0 spiro atoms. The van der Waals surface area contributed by atoms with E-state index >= 15 is 0 Å². The molecule has 1 atom stereocenters. The number of rotatable bonds is 4. The van der Waals surface area contributed by atoms with E-state index in [4.69, 9.17) is 4.74 Å². The molecule has 0 amide bonds. The van der Waals surface area contributed by atoms with Crippen LogP contribution in [0.4, 0.5) is 0 Å². The molecule has 0 aromatic rings. The quantitative estimate of drug-likeness (QED) is 0.540. The Morgan fingerprint density at radius 1 is 1.55 bits per heavy atom. The number of carbonyl (C=O) groups excluding carboxylic acids is 1. The summed E-state index contributed by atoms with van der Waals surface area (Å²) in [5.41, 5.74) is 0. The first-order valence-electron chi connectivity index (χ1n) is 3.88. The Balaban J connectivity index is 3.52. The molecule has 66 valence electrons. The van der Waals surface area contributed by atoms with Crippen LogP contribution in [0.2, 0.25) is 0 Å². The average Bonchev–Trinajstić information content (AvgIpc) is 1.98. The molecule has 3 heteroatoms. The maximum absolute atomic E-state index is 11.0. The summed E-state index contributed by atoms with van der Waals surface area (Å²) >= 11 is 3.22. The van der Waals surface area contributed by atoms with Gasteiger partial charge in [-0.2, -0.15) is 0 Å². The van der Waals surface area contributed by atoms with Crippen molar-refractivity contribution in [3.8, 4) is 0 Å². The fourth-order valence-electron chi connectivity index (χ4n) is 0.506. The molecule has 0 N–H and O–H groups in total. The van der Waals surface area contributed by atoms with Crippen LogP contribution >= 0.6 is 15.9 Å². The lowest BCUT2D eigenvalue weighted by atomic mass is 10.2. The highest BCUT2D eigenvalue weighted by atomic mass is 79.9. The second kappa shape index (κ2) is 5.58. The molecular weight excluding hydrogens is 208 g/mol. The Hall–Kier alpha value is -0.0500. The molecule has 0 radical (unpaired) electrons. The molecule has 0 aromatic heterocycles. The minimum absolute atomic E-state index is 0.138. The van der Waals surface area contributed by atoms with Gasteiger partial charge < -0.3 is 4.74 Å². The normalized spacial score (nSPS) is 13.2. The topological polar surface area (TPSA) is 26.3 Å². The van der Waals surface area contributed by atoms with Gasteiger partial charge in [-0.15, -0.1) is 0 Å². The molecule has 0 aliphatic rings. The van der Waals surface area contributed by atoms with Gasteiger partial charge in [0.1, 0.15) is 4.83 Å². The lowest BCUT2D eigenvalue weighted by Gasteiger charge is -2.09. The minimum atomic E-state index is -0.152. The summed E-state index contributed by atoms with van der Waals surface area (Å²) in [4.78, 5) is 10.9. The summed E-state index contributed by atoms with van der Waals surface area (Å²) in [6, 6.07) is 0. The van der Waals surface area contributed by atoms with Crippen LogP contribution in [0.3, 0.4) is 0 Å². The largest absolute Gasteiger partial charge is 0.465 e. The van der Waals surface area contributed by atoms with Gasteiger partial charge in [-0.3, -0.25) is 4.79 Å². The van der Waals surface area contributed by atoms with Crippen molar-refractivity contribution < 1.29 is 9.53 Å². The number of esters is 1. The maximum atomic E-state index is 11.0. The molecule has 0 aliphatic carbocycles. The number of carbonyl (C=O) groups is 1. The molecule has 0 saturated carbocycles. The van der Waals surface area contributed by atoms with Crippen molar-refractivity contribution in [1.82, 2.24) is 0 Å². The summed E-state index contributed by atoms with van der Waals surface area (Å²) in [5.74, 6) is 0.261. The number of hydrogen-bond acceptors (Lipinski definition) is 2. The molecule has 0 fully saturated rings. The third-order valence-electron chi connectivity index (χ3n) is 1.17. The van der Waals surface area contributed by atoms with Gasteiger partial charge in [0.2, 0.25) is 0 Å². The van der Waals surface area contributed by atoms with Gasteiger partial charge in [-0.25, -0.2) is 0 Å². The number of ether oxygens (including phenoxy) is 1. The average molecular weight is 223 g/mol. The zero-order chi connectivity index (χ0) is 8.85. The van der Waals surface area contributed by atoms with Gasteiger partial charge in [-0.1, -0.05) is 36.7 Å². The van der Waals surface area contributed by atoms with Gasteiger partial charge >= 0.3 is 5.97 Å². The van der Waals surface area contributed by atoms with Crippen LogP contribution in [0.1, 0.15) is 27.2 Å². The van der Waals surface area contributed by atoms with Gasteiger partial charge in [0.05, 0.1) is 6.61 Å². The Labute approximate surface area is 76.4 Å². The fraction of sp³-hybridized carbons (Fsp3) is 0.875. The molecular formula is C8H15BrO2. The van der Waals surface area contributed by atoms with Gasteiger partial charge in [0.15, 0.2) is 0 Å². The molecule has 0 saturated heterocycles. The van der Waals surface area contributed by atoms with E-state index in [1.165, 1.54) is 0 Å². The van der Waals surface area contributed by atoms with E-state index in [2.05, 4.69) is 15.9 Å². The number of hydrogen-bond donors (Lipinski definition) is 0. The molecule has 1 unspecified atom stereocenters. The summed E-state index contributed by atoms with van der Waals surface area (Å²) in [6.45, 7) is 6.49. The van der Waals surface area contributed by atoms with Crippen molar-refractivity contribution in [2.24, 2.45) is 5.92 Å². The van der Waals surface area contributed by atoms with Crippen LogP contribution in [0.5, 0.6) is 0 Å². The van der Waals surface area contributed by atoms with Crippen LogP contribution in [0.15, 0.2) is 0 Å². The molecule has 2 nitrogen and oxygen atoms in total. The number of alkyl halides is 1. The van der Waals surface area contributed by atoms with Crippen LogP contribution in [0, 0.1) is 5.92 Å².